The number of nitrogens with one attached hydrogen (secondary N) is 1. The van der Waals surface area contributed by atoms with Crippen molar-refractivity contribution in [1.29, 1.82) is 0 Å². The van der Waals surface area contributed by atoms with Crippen molar-refractivity contribution in [2.75, 3.05) is 38.3 Å². The standard InChI is InChI=1S/C16H24F2N2O2/c1-12(2)6-8-22-9-7-19-16(21)11-20(3)13-4-5-14(17)15(18)10-13/h4-5,10,12H,6-9,11H2,1-3H3,(H,19,21). The summed E-state index contributed by atoms with van der Waals surface area (Å²) < 4.78 is 31.4. The Morgan fingerprint density at radius 1 is 1.27 bits per heavy atom. The van der Waals surface area contributed by atoms with Gasteiger partial charge in [-0.1, -0.05) is 13.8 Å². The van der Waals surface area contributed by atoms with Crippen LogP contribution < -0.4 is 10.2 Å². The zero-order valence-electron chi connectivity index (χ0n) is 13.4. The fourth-order valence-corrected chi connectivity index (χ4v) is 1.77. The Bertz CT molecular complexity index is 481. The largest absolute Gasteiger partial charge is 0.380 e. The molecule has 4 nitrogen and oxygen atoms in total. The molecule has 0 radical (unpaired) electrons. The van der Waals surface area contributed by atoms with Crippen LogP contribution in [0.4, 0.5) is 14.5 Å². The molecule has 0 aliphatic rings. The Kier molecular flexibility index (Phi) is 7.80. The summed E-state index contributed by atoms with van der Waals surface area (Å²) in [6.45, 7) is 5.90. The number of ether oxygens (including phenoxy) is 1. The van der Waals surface area contributed by atoms with Crippen LogP contribution in [0, 0.1) is 17.6 Å². The summed E-state index contributed by atoms with van der Waals surface area (Å²) in [7, 11) is 1.64. The van der Waals surface area contributed by atoms with Crippen molar-refractivity contribution >= 4 is 11.6 Å². The summed E-state index contributed by atoms with van der Waals surface area (Å²) in [6, 6.07) is 3.54. The summed E-state index contributed by atoms with van der Waals surface area (Å²) in [5.41, 5.74) is 0.447. The zero-order valence-corrected chi connectivity index (χ0v) is 13.4. The van der Waals surface area contributed by atoms with Crippen LogP contribution in [0.15, 0.2) is 18.2 Å². The van der Waals surface area contributed by atoms with Crippen molar-refractivity contribution in [3.63, 3.8) is 0 Å². The molecular formula is C16H24F2N2O2. The fraction of sp³-hybridized carbons (Fsp3) is 0.562. The molecule has 1 aromatic rings. The second-order valence-electron chi connectivity index (χ2n) is 5.60. The molecule has 124 valence electrons. The molecule has 22 heavy (non-hydrogen) atoms. The summed E-state index contributed by atoms with van der Waals surface area (Å²) in [6.07, 6.45) is 0.993. The molecule has 0 aromatic heterocycles. The minimum absolute atomic E-state index is 0.0665. The van der Waals surface area contributed by atoms with Gasteiger partial charge in [0.05, 0.1) is 13.2 Å². The monoisotopic (exact) mass is 314 g/mol. The first kappa shape index (κ1) is 18.4. The molecule has 0 saturated carbocycles. The van der Waals surface area contributed by atoms with Gasteiger partial charge in [0.2, 0.25) is 5.91 Å². The van der Waals surface area contributed by atoms with E-state index in [0.717, 1.165) is 18.6 Å². The number of carbonyl (C=O) groups is 1. The SMILES string of the molecule is CC(C)CCOCCNC(=O)CN(C)c1ccc(F)c(F)c1. The molecule has 0 aliphatic heterocycles. The second-order valence-corrected chi connectivity index (χ2v) is 5.60. The molecule has 0 bridgehead atoms. The molecule has 1 amide bonds. The topological polar surface area (TPSA) is 41.6 Å². The van der Waals surface area contributed by atoms with Crippen LogP contribution in [0.2, 0.25) is 0 Å². The van der Waals surface area contributed by atoms with E-state index in [1.807, 2.05) is 0 Å². The van der Waals surface area contributed by atoms with Crippen LogP contribution in [0.25, 0.3) is 0 Å². The van der Waals surface area contributed by atoms with Gasteiger partial charge in [0.15, 0.2) is 11.6 Å². The van der Waals surface area contributed by atoms with Crippen molar-refractivity contribution in [2.24, 2.45) is 5.92 Å². The van der Waals surface area contributed by atoms with Crippen molar-refractivity contribution in [1.82, 2.24) is 5.32 Å². The van der Waals surface area contributed by atoms with Crippen LogP contribution in [-0.2, 0) is 9.53 Å². The predicted molar refractivity (Wildman–Crippen MR) is 82.9 cm³/mol. The quantitative estimate of drug-likeness (QED) is 0.712. The van der Waals surface area contributed by atoms with E-state index in [1.165, 1.54) is 6.07 Å². The van der Waals surface area contributed by atoms with E-state index >= 15 is 0 Å². The summed E-state index contributed by atoms with van der Waals surface area (Å²) in [5, 5.41) is 2.72. The average Bonchev–Trinajstić information content (AvgIpc) is 2.45. The van der Waals surface area contributed by atoms with Gasteiger partial charge < -0.3 is 15.0 Å². The number of nitrogens with zero attached hydrogens (tertiary/aromatic N) is 1. The highest BCUT2D eigenvalue weighted by molar-refractivity contribution is 5.81. The Balaban J connectivity index is 2.25. The predicted octanol–water partition coefficient (Wildman–Crippen LogP) is 2.58. The number of anilines is 1. The normalized spacial score (nSPS) is 10.8. The van der Waals surface area contributed by atoms with E-state index in [9.17, 15) is 13.6 Å². The first-order valence-electron chi connectivity index (χ1n) is 7.40. The molecular weight excluding hydrogens is 290 g/mol. The van der Waals surface area contributed by atoms with Crippen LogP contribution in [0.3, 0.4) is 0 Å². The smallest absolute Gasteiger partial charge is 0.239 e. The maximum Gasteiger partial charge on any atom is 0.239 e. The Hall–Kier alpha value is -1.69. The highest BCUT2D eigenvalue weighted by Crippen LogP contribution is 2.16. The van der Waals surface area contributed by atoms with Gasteiger partial charge in [-0.05, 0) is 24.5 Å². The molecule has 0 unspecified atom stereocenters. The van der Waals surface area contributed by atoms with Gasteiger partial charge in [0.25, 0.3) is 0 Å². The van der Waals surface area contributed by atoms with E-state index < -0.39 is 11.6 Å². The highest BCUT2D eigenvalue weighted by atomic mass is 19.2. The molecule has 0 atom stereocenters. The number of benzene rings is 1. The number of amides is 1. The first-order valence-corrected chi connectivity index (χ1v) is 7.40. The average molecular weight is 314 g/mol. The minimum Gasteiger partial charge on any atom is -0.380 e. The lowest BCUT2D eigenvalue weighted by Gasteiger charge is -2.19. The van der Waals surface area contributed by atoms with Gasteiger partial charge >= 0.3 is 0 Å². The summed E-state index contributed by atoms with van der Waals surface area (Å²) in [4.78, 5) is 13.3. The molecule has 0 heterocycles. The third-order valence-corrected chi connectivity index (χ3v) is 3.13. The van der Waals surface area contributed by atoms with Gasteiger partial charge in [-0.25, -0.2) is 8.78 Å². The molecule has 0 fully saturated rings. The third kappa shape index (κ3) is 6.85. The van der Waals surface area contributed by atoms with Crippen LogP contribution in [0.5, 0.6) is 0 Å². The zero-order chi connectivity index (χ0) is 16.5. The number of likely N-dealkylation sites (N-methyl/N-ethyl adjacent to an activating group) is 1. The minimum atomic E-state index is -0.927. The molecule has 0 saturated heterocycles. The lowest BCUT2D eigenvalue weighted by Crippen LogP contribution is -2.36. The number of rotatable bonds is 9. The first-order chi connectivity index (χ1) is 10.4. The van der Waals surface area contributed by atoms with Gasteiger partial charge in [-0.2, -0.15) is 0 Å². The van der Waals surface area contributed by atoms with Gasteiger partial charge in [-0.3, -0.25) is 4.79 Å². The summed E-state index contributed by atoms with van der Waals surface area (Å²) in [5.74, 6) is -1.43. The second kappa shape index (κ2) is 9.35. The number of hydrogen-bond donors (Lipinski definition) is 1. The Labute approximate surface area is 130 Å². The van der Waals surface area contributed by atoms with Crippen LogP contribution in [0.1, 0.15) is 20.3 Å². The number of carbonyl (C=O) groups excluding carboxylic acids is 1. The maximum absolute atomic E-state index is 13.1. The molecule has 1 aromatic carbocycles. The van der Waals surface area contributed by atoms with E-state index in [4.69, 9.17) is 4.74 Å². The Morgan fingerprint density at radius 2 is 2.00 bits per heavy atom. The van der Waals surface area contributed by atoms with Crippen LogP contribution in [-0.4, -0.2) is 39.3 Å². The highest BCUT2D eigenvalue weighted by Gasteiger charge is 2.09. The van der Waals surface area contributed by atoms with Gasteiger partial charge in [-0.15, -0.1) is 0 Å². The van der Waals surface area contributed by atoms with E-state index in [0.29, 0.717) is 31.4 Å². The van der Waals surface area contributed by atoms with Crippen LogP contribution >= 0.6 is 0 Å². The summed E-state index contributed by atoms with van der Waals surface area (Å²) >= 11 is 0. The third-order valence-electron chi connectivity index (χ3n) is 3.13. The molecule has 0 aliphatic carbocycles. The molecule has 6 heteroatoms. The Morgan fingerprint density at radius 3 is 2.64 bits per heavy atom. The number of hydrogen-bond acceptors (Lipinski definition) is 3. The fourth-order valence-electron chi connectivity index (χ4n) is 1.77. The lowest BCUT2D eigenvalue weighted by atomic mass is 10.1. The molecule has 1 N–H and O–H groups in total. The number of halogens is 2. The lowest BCUT2D eigenvalue weighted by molar-refractivity contribution is -0.120. The molecule has 0 spiro atoms. The molecule has 1 rings (SSSR count). The van der Waals surface area contributed by atoms with Crippen molar-refractivity contribution in [3.05, 3.63) is 29.8 Å². The van der Waals surface area contributed by atoms with E-state index in [2.05, 4.69) is 19.2 Å². The van der Waals surface area contributed by atoms with E-state index in [1.54, 1.807) is 11.9 Å². The maximum atomic E-state index is 13.1. The van der Waals surface area contributed by atoms with Crippen molar-refractivity contribution < 1.29 is 18.3 Å². The van der Waals surface area contributed by atoms with Crippen molar-refractivity contribution in [3.8, 4) is 0 Å². The van der Waals surface area contributed by atoms with E-state index in [-0.39, 0.29) is 12.5 Å². The van der Waals surface area contributed by atoms with Crippen molar-refractivity contribution in [2.45, 2.75) is 20.3 Å². The van der Waals surface area contributed by atoms with Gasteiger partial charge in [0.1, 0.15) is 0 Å². The van der Waals surface area contributed by atoms with Gasteiger partial charge in [0, 0.05) is 32.0 Å².